The molecule has 5 nitrogen and oxygen atoms in total. The van der Waals surface area contributed by atoms with Gasteiger partial charge in [-0.3, -0.25) is 0 Å². The molecule has 2 N–H and O–H groups in total. The third-order valence-corrected chi connectivity index (χ3v) is 2.14. The first kappa shape index (κ1) is 13.0. The van der Waals surface area contributed by atoms with Crippen molar-refractivity contribution >= 4 is 6.01 Å². The second-order valence-corrected chi connectivity index (χ2v) is 5.02. The standard InChI is InChI=1S/C11H22N4O/c1-5-12-8-9-14-15-10(16-9)13-7-6-11(2,3)4/h12H,5-8H2,1-4H3,(H,13,15). The van der Waals surface area contributed by atoms with Gasteiger partial charge in [0.05, 0.1) is 6.54 Å². The van der Waals surface area contributed by atoms with Crippen LogP contribution in [0.15, 0.2) is 4.42 Å². The molecule has 0 bridgehead atoms. The van der Waals surface area contributed by atoms with Gasteiger partial charge >= 0.3 is 6.01 Å². The van der Waals surface area contributed by atoms with Crippen LogP contribution < -0.4 is 10.6 Å². The van der Waals surface area contributed by atoms with E-state index in [4.69, 9.17) is 4.42 Å². The first-order valence-corrected chi connectivity index (χ1v) is 5.78. The molecule has 0 radical (unpaired) electrons. The van der Waals surface area contributed by atoms with Crippen molar-refractivity contribution in [2.75, 3.05) is 18.4 Å². The molecular weight excluding hydrogens is 204 g/mol. The zero-order chi connectivity index (χ0) is 12.0. The number of nitrogens with one attached hydrogen (secondary N) is 2. The van der Waals surface area contributed by atoms with E-state index in [9.17, 15) is 0 Å². The molecule has 1 aromatic heterocycles. The van der Waals surface area contributed by atoms with Crippen LogP contribution in [0.4, 0.5) is 6.01 Å². The molecule has 16 heavy (non-hydrogen) atoms. The third-order valence-electron chi connectivity index (χ3n) is 2.14. The van der Waals surface area contributed by atoms with Gasteiger partial charge in [0.2, 0.25) is 5.89 Å². The molecular formula is C11H22N4O. The van der Waals surface area contributed by atoms with E-state index in [1.54, 1.807) is 0 Å². The summed E-state index contributed by atoms with van der Waals surface area (Å²) in [7, 11) is 0. The molecule has 0 aromatic carbocycles. The van der Waals surface area contributed by atoms with Gasteiger partial charge in [0.15, 0.2) is 0 Å². The van der Waals surface area contributed by atoms with Gasteiger partial charge in [-0.2, -0.15) is 0 Å². The lowest BCUT2D eigenvalue weighted by molar-refractivity contribution is 0.387. The van der Waals surface area contributed by atoms with Crippen LogP contribution in [0, 0.1) is 5.41 Å². The summed E-state index contributed by atoms with van der Waals surface area (Å²) >= 11 is 0. The lowest BCUT2D eigenvalue weighted by Crippen LogP contribution is -2.13. The molecule has 0 saturated carbocycles. The summed E-state index contributed by atoms with van der Waals surface area (Å²) in [6.07, 6.45) is 1.07. The molecule has 0 fully saturated rings. The van der Waals surface area contributed by atoms with E-state index in [0.29, 0.717) is 23.9 Å². The molecule has 5 heteroatoms. The zero-order valence-corrected chi connectivity index (χ0v) is 10.6. The fraction of sp³-hybridized carbons (Fsp3) is 0.818. The molecule has 0 aliphatic heterocycles. The molecule has 0 atom stereocenters. The quantitative estimate of drug-likeness (QED) is 0.777. The van der Waals surface area contributed by atoms with Gasteiger partial charge in [-0.15, -0.1) is 5.10 Å². The average Bonchev–Trinajstić information content (AvgIpc) is 2.61. The van der Waals surface area contributed by atoms with E-state index in [1.165, 1.54) is 0 Å². The first-order chi connectivity index (χ1) is 7.51. The molecule has 1 rings (SSSR count). The Kier molecular flexibility index (Phi) is 4.73. The summed E-state index contributed by atoms with van der Waals surface area (Å²) in [5.41, 5.74) is 0.319. The summed E-state index contributed by atoms with van der Waals surface area (Å²) in [5.74, 6) is 0.625. The van der Waals surface area contributed by atoms with Crippen molar-refractivity contribution in [1.82, 2.24) is 15.5 Å². The van der Waals surface area contributed by atoms with Gasteiger partial charge in [0.1, 0.15) is 0 Å². The van der Waals surface area contributed by atoms with Crippen molar-refractivity contribution in [3.8, 4) is 0 Å². The van der Waals surface area contributed by atoms with Crippen molar-refractivity contribution in [2.45, 2.75) is 40.7 Å². The molecule has 0 spiro atoms. The SMILES string of the molecule is CCNCc1nnc(NCCC(C)(C)C)o1. The summed E-state index contributed by atoms with van der Waals surface area (Å²) in [5, 5.41) is 14.1. The first-order valence-electron chi connectivity index (χ1n) is 5.78. The number of anilines is 1. The Morgan fingerprint density at radius 2 is 2.00 bits per heavy atom. The maximum atomic E-state index is 5.40. The van der Waals surface area contributed by atoms with Crippen molar-refractivity contribution in [3.05, 3.63) is 5.89 Å². The van der Waals surface area contributed by atoms with Crippen LogP contribution in [-0.4, -0.2) is 23.3 Å². The minimum Gasteiger partial charge on any atom is -0.407 e. The highest BCUT2D eigenvalue weighted by Crippen LogP contribution is 2.18. The summed E-state index contributed by atoms with van der Waals surface area (Å²) in [6.45, 7) is 11.0. The molecule has 0 aliphatic rings. The molecule has 0 unspecified atom stereocenters. The number of hydrogen-bond donors (Lipinski definition) is 2. The topological polar surface area (TPSA) is 63.0 Å². The fourth-order valence-electron chi connectivity index (χ4n) is 1.17. The zero-order valence-electron chi connectivity index (χ0n) is 10.6. The second kappa shape index (κ2) is 5.84. The molecule has 92 valence electrons. The van der Waals surface area contributed by atoms with Gasteiger partial charge in [-0.25, -0.2) is 0 Å². The maximum Gasteiger partial charge on any atom is 0.315 e. The van der Waals surface area contributed by atoms with Crippen LogP contribution in [0.5, 0.6) is 0 Å². The van der Waals surface area contributed by atoms with Crippen LogP contribution >= 0.6 is 0 Å². The highest BCUT2D eigenvalue weighted by molar-refractivity contribution is 5.16. The van der Waals surface area contributed by atoms with Crippen molar-refractivity contribution < 1.29 is 4.42 Å². The van der Waals surface area contributed by atoms with Gasteiger partial charge in [0.25, 0.3) is 0 Å². The van der Waals surface area contributed by atoms with Crippen molar-refractivity contribution in [2.24, 2.45) is 5.41 Å². The van der Waals surface area contributed by atoms with E-state index in [2.05, 4.69) is 41.6 Å². The summed E-state index contributed by atoms with van der Waals surface area (Å²) in [4.78, 5) is 0. The second-order valence-electron chi connectivity index (χ2n) is 5.02. The molecule has 1 heterocycles. The number of rotatable bonds is 6. The summed E-state index contributed by atoms with van der Waals surface area (Å²) < 4.78 is 5.40. The van der Waals surface area contributed by atoms with E-state index >= 15 is 0 Å². The molecule has 0 amide bonds. The predicted octanol–water partition coefficient (Wildman–Crippen LogP) is 2.03. The average molecular weight is 226 g/mol. The van der Waals surface area contributed by atoms with Gasteiger partial charge in [-0.1, -0.05) is 32.8 Å². The fourth-order valence-corrected chi connectivity index (χ4v) is 1.17. The van der Waals surface area contributed by atoms with Gasteiger partial charge in [0, 0.05) is 6.54 Å². The molecule has 0 aliphatic carbocycles. The normalized spacial score (nSPS) is 11.8. The Labute approximate surface area is 97.0 Å². The van der Waals surface area contributed by atoms with Gasteiger partial charge < -0.3 is 15.1 Å². The summed E-state index contributed by atoms with van der Waals surface area (Å²) in [6, 6.07) is 0.511. The van der Waals surface area contributed by atoms with Crippen LogP contribution in [0.25, 0.3) is 0 Å². The van der Waals surface area contributed by atoms with E-state index in [-0.39, 0.29) is 0 Å². The lowest BCUT2D eigenvalue weighted by Gasteiger charge is -2.17. The maximum absolute atomic E-state index is 5.40. The van der Waals surface area contributed by atoms with Crippen molar-refractivity contribution in [3.63, 3.8) is 0 Å². The predicted molar refractivity (Wildman–Crippen MR) is 64.2 cm³/mol. The smallest absolute Gasteiger partial charge is 0.315 e. The van der Waals surface area contributed by atoms with E-state index < -0.39 is 0 Å². The number of nitrogens with zero attached hydrogens (tertiary/aromatic N) is 2. The van der Waals surface area contributed by atoms with Crippen LogP contribution in [-0.2, 0) is 6.54 Å². The van der Waals surface area contributed by atoms with Gasteiger partial charge in [-0.05, 0) is 18.4 Å². The Balaban J connectivity index is 2.29. The largest absolute Gasteiger partial charge is 0.407 e. The Bertz CT molecular complexity index is 303. The minimum absolute atomic E-state index is 0.319. The Morgan fingerprint density at radius 3 is 2.62 bits per heavy atom. The minimum atomic E-state index is 0.319. The third kappa shape index (κ3) is 5.11. The lowest BCUT2D eigenvalue weighted by atomic mass is 9.92. The number of aromatic nitrogens is 2. The highest BCUT2D eigenvalue weighted by Gasteiger charge is 2.10. The van der Waals surface area contributed by atoms with Crippen LogP contribution in [0.3, 0.4) is 0 Å². The molecule has 0 saturated heterocycles. The van der Waals surface area contributed by atoms with Crippen LogP contribution in [0.1, 0.15) is 40.0 Å². The number of hydrogen-bond acceptors (Lipinski definition) is 5. The van der Waals surface area contributed by atoms with E-state index in [0.717, 1.165) is 19.5 Å². The Morgan fingerprint density at radius 1 is 1.25 bits per heavy atom. The molecule has 1 aromatic rings. The monoisotopic (exact) mass is 226 g/mol. The van der Waals surface area contributed by atoms with Crippen LogP contribution in [0.2, 0.25) is 0 Å². The highest BCUT2D eigenvalue weighted by atomic mass is 16.4. The van der Waals surface area contributed by atoms with Crippen molar-refractivity contribution in [1.29, 1.82) is 0 Å². The Hall–Kier alpha value is -1.10. The van der Waals surface area contributed by atoms with E-state index in [1.807, 2.05) is 6.92 Å².